The summed E-state index contributed by atoms with van der Waals surface area (Å²) in [5, 5.41) is 2.60. The molecule has 0 N–H and O–H groups in total. The molecule has 15 rings (SSSR count). The van der Waals surface area contributed by atoms with Crippen LogP contribution < -0.4 is 4.90 Å². The van der Waals surface area contributed by atoms with E-state index in [1.54, 1.807) is 0 Å². The van der Waals surface area contributed by atoms with Crippen LogP contribution in [-0.4, -0.2) is 0 Å². The van der Waals surface area contributed by atoms with Gasteiger partial charge in [-0.05, 0) is 126 Å². The van der Waals surface area contributed by atoms with Crippen LogP contribution in [0.1, 0.15) is 44.5 Å². The van der Waals surface area contributed by atoms with Crippen molar-refractivity contribution in [3.8, 4) is 44.5 Å². The lowest BCUT2D eigenvalue weighted by Crippen LogP contribution is -2.28. The third-order valence-electron chi connectivity index (χ3n) is 16.4. The van der Waals surface area contributed by atoms with E-state index >= 15 is 0 Å². The van der Waals surface area contributed by atoms with Gasteiger partial charge in [0.05, 0.1) is 16.5 Å². The molecule has 2 heteroatoms. The molecule has 0 spiro atoms. The highest BCUT2D eigenvalue weighted by atomic mass is 32.1. The topological polar surface area (TPSA) is 3.24 Å². The minimum Gasteiger partial charge on any atom is -0.310 e. The third-order valence-corrected chi connectivity index (χ3v) is 17.7. The highest BCUT2D eigenvalue weighted by molar-refractivity contribution is 7.26. The summed E-state index contributed by atoms with van der Waals surface area (Å²) < 4.78 is 2.61. The van der Waals surface area contributed by atoms with Gasteiger partial charge in [0.15, 0.2) is 0 Å². The molecule has 2 aliphatic carbocycles. The zero-order valence-corrected chi connectivity index (χ0v) is 42.5. The summed E-state index contributed by atoms with van der Waals surface area (Å²) in [6.07, 6.45) is 0. The second-order valence-corrected chi connectivity index (χ2v) is 21.3. The SMILES string of the molecule is c1ccc(C2(c3ccccc3)c3ccccc3-c3ccc(-c4ccc(N(c5cccc(-c6cccc7c6sc6ccccc67)c5)c5cccc6c5-c5ccccc5C6(c5ccccc5)c5ccccc5)cc4)cc32)cc1. The summed E-state index contributed by atoms with van der Waals surface area (Å²) in [6.45, 7) is 0. The Morgan fingerprint density at radius 1 is 0.276 bits per heavy atom. The Balaban J connectivity index is 0.934. The third kappa shape index (κ3) is 6.51. The second-order valence-electron chi connectivity index (χ2n) is 20.2. The molecule has 356 valence electrons. The van der Waals surface area contributed by atoms with Crippen LogP contribution in [0.15, 0.2) is 297 Å². The van der Waals surface area contributed by atoms with Gasteiger partial charge in [-0.25, -0.2) is 0 Å². The van der Waals surface area contributed by atoms with E-state index in [9.17, 15) is 0 Å². The molecule has 1 heterocycles. The zero-order chi connectivity index (χ0) is 50.2. The molecule has 0 saturated carbocycles. The van der Waals surface area contributed by atoms with Crippen LogP contribution in [0.25, 0.3) is 64.7 Å². The maximum Gasteiger partial charge on any atom is 0.0714 e. The van der Waals surface area contributed by atoms with Gasteiger partial charge in [-0.15, -0.1) is 11.3 Å². The molecule has 1 nitrogen and oxygen atoms in total. The molecular formula is C74H49NS. The van der Waals surface area contributed by atoms with E-state index in [-0.39, 0.29) is 0 Å². The molecule has 0 saturated heterocycles. The van der Waals surface area contributed by atoms with E-state index in [0.29, 0.717) is 0 Å². The average Bonchev–Trinajstić information content (AvgIpc) is 4.24. The molecule has 12 aromatic carbocycles. The predicted octanol–water partition coefficient (Wildman–Crippen LogP) is 19.6. The highest BCUT2D eigenvalue weighted by Crippen LogP contribution is 2.60. The van der Waals surface area contributed by atoms with Crippen molar-refractivity contribution in [1.29, 1.82) is 0 Å². The average molecular weight is 984 g/mol. The van der Waals surface area contributed by atoms with Gasteiger partial charge in [-0.2, -0.15) is 0 Å². The van der Waals surface area contributed by atoms with Crippen molar-refractivity contribution in [3.05, 3.63) is 342 Å². The molecular weight excluding hydrogens is 935 g/mol. The Bertz CT molecular complexity index is 4250. The van der Waals surface area contributed by atoms with Crippen LogP contribution in [0, 0.1) is 0 Å². The fraction of sp³-hybridized carbons (Fsp3) is 0.0270. The molecule has 0 fully saturated rings. The predicted molar refractivity (Wildman–Crippen MR) is 319 cm³/mol. The van der Waals surface area contributed by atoms with E-state index in [1.165, 1.54) is 109 Å². The summed E-state index contributed by atoms with van der Waals surface area (Å²) in [4.78, 5) is 2.51. The highest BCUT2D eigenvalue weighted by Gasteiger charge is 2.48. The largest absolute Gasteiger partial charge is 0.310 e. The van der Waals surface area contributed by atoms with Crippen molar-refractivity contribution in [2.24, 2.45) is 0 Å². The molecule has 1 aromatic heterocycles. The molecule has 0 unspecified atom stereocenters. The lowest BCUT2D eigenvalue weighted by atomic mass is 9.67. The van der Waals surface area contributed by atoms with E-state index < -0.39 is 10.8 Å². The Morgan fingerprint density at radius 3 is 1.43 bits per heavy atom. The Labute approximate surface area is 447 Å². The quantitative estimate of drug-likeness (QED) is 0.139. The lowest BCUT2D eigenvalue weighted by molar-refractivity contribution is 0.768. The Hall–Kier alpha value is -9.34. The Morgan fingerprint density at radius 2 is 0.763 bits per heavy atom. The van der Waals surface area contributed by atoms with Crippen LogP contribution in [0.3, 0.4) is 0 Å². The van der Waals surface area contributed by atoms with E-state index in [2.05, 4.69) is 302 Å². The van der Waals surface area contributed by atoms with Gasteiger partial charge in [-0.3, -0.25) is 0 Å². The van der Waals surface area contributed by atoms with Crippen LogP contribution in [0.2, 0.25) is 0 Å². The van der Waals surface area contributed by atoms with Crippen molar-refractivity contribution in [1.82, 2.24) is 0 Å². The molecule has 0 atom stereocenters. The fourth-order valence-corrected chi connectivity index (χ4v) is 14.5. The first-order chi connectivity index (χ1) is 37.7. The first kappa shape index (κ1) is 44.2. The van der Waals surface area contributed by atoms with Gasteiger partial charge in [0.2, 0.25) is 0 Å². The number of hydrogen-bond acceptors (Lipinski definition) is 2. The Kier molecular flexibility index (Phi) is 10.3. The summed E-state index contributed by atoms with van der Waals surface area (Å²) in [5.74, 6) is 0. The van der Waals surface area contributed by atoms with Crippen molar-refractivity contribution in [2.45, 2.75) is 10.8 Å². The number of fused-ring (bicyclic) bond motifs is 9. The van der Waals surface area contributed by atoms with E-state index in [0.717, 1.165) is 17.1 Å². The van der Waals surface area contributed by atoms with Crippen LogP contribution in [0.4, 0.5) is 17.1 Å². The lowest BCUT2D eigenvalue weighted by Gasteiger charge is -2.34. The normalized spacial score (nSPS) is 13.5. The molecule has 76 heavy (non-hydrogen) atoms. The smallest absolute Gasteiger partial charge is 0.0714 e. The fourth-order valence-electron chi connectivity index (χ4n) is 13.3. The summed E-state index contributed by atoms with van der Waals surface area (Å²) >= 11 is 1.88. The molecule has 0 amide bonds. The molecule has 0 bridgehead atoms. The first-order valence-corrected chi connectivity index (χ1v) is 27.1. The number of hydrogen-bond donors (Lipinski definition) is 0. The molecule has 2 aliphatic rings. The summed E-state index contributed by atoms with van der Waals surface area (Å²) in [6, 6.07) is 111. The van der Waals surface area contributed by atoms with Crippen LogP contribution in [0.5, 0.6) is 0 Å². The van der Waals surface area contributed by atoms with Crippen LogP contribution in [-0.2, 0) is 10.8 Å². The van der Waals surface area contributed by atoms with Crippen molar-refractivity contribution < 1.29 is 0 Å². The molecule has 0 aliphatic heterocycles. The van der Waals surface area contributed by atoms with Crippen molar-refractivity contribution >= 4 is 48.6 Å². The van der Waals surface area contributed by atoms with Crippen molar-refractivity contribution in [3.63, 3.8) is 0 Å². The first-order valence-electron chi connectivity index (χ1n) is 26.3. The van der Waals surface area contributed by atoms with Crippen molar-refractivity contribution in [2.75, 3.05) is 4.90 Å². The zero-order valence-electron chi connectivity index (χ0n) is 41.6. The number of rotatable bonds is 9. The standard InChI is InChI=1S/C74H49NS/c1-5-23-53(24-6-1)73(54-25-7-2-8-26-54)66-38-17-14-34-64(66)71-67(73)39-21-40-69(71)75(58-31-19-22-52(48-58)59-35-20-36-63-62-33-15-18-41-70(62)76-72(59)63)57-45-42-50(43-46-57)51-44-47-61-60-32-13-16-37-65(60)74(68(61)49-51,55-27-9-3-10-28-55)56-29-11-4-12-30-56/h1-49H. The minimum atomic E-state index is -0.541. The maximum absolute atomic E-state index is 2.51. The summed E-state index contributed by atoms with van der Waals surface area (Å²) in [5.41, 5.74) is 22.3. The number of nitrogens with zero attached hydrogens (tertiary/aromatic N) is 1. The van der Waals surface area contributed by atoms with Gasteiger partial charge in [0, 0.05) is 37.1 Å². The van der Waals surface area contributed by atoms with E-state index in [1.807, 2.05) is 11.3 Å². The number of anilines is 3. The van der Waals surface area contributed by atoms with Gasteiger partial charge in [-0.1, -0.05) is 255 Å². The second kappa shape index (κ2) is 17.7. The maximum atomic E-state index is 2.51. The molecule has 13 aromatic rings. The monoisotopic (exact) mass is 983 g/mol. The van der Waals surface area contributed by atoms with Gasteiger partial charge in [0.25, 0.3) is 0 Å². The van der Waals surface area contributed by atoms with Gasteiger partial charge >= 0.3 is 0 Å². The molecule has 0 radical (unpaired) electrons. The summed E-state index contributed by atoms with van der Waals surface area (Å²) in [7, 11) is 0. The van der Waals surface area contributed by atoms with Crippen LogP contribution >= 0.6 is 11.3 Å². The van der Waals surface area contributed by atoms with Gasteiger partial charge < -0.3 is 4.90 Å². The number of benzene rings is 12. The van der Waals surface area contributed by atoms with E-state index in [4.69, 9.17) is 0 Å². The number of thiophene rings is 1. The minimum absolute atomic E-state index is 0.481. The van der Waals surface area contributed by atoms with Gasteiger partial charge in [0.1, 0.15) is 0 Å².